The Morgan fingerprint density at radius 3 is 2.83 bits per heavy atom. The molecule has 0 saturated heterocycles. The molecule has 0 unspecified atom stereocenters. The van der Waals surface area contributed by atoms with Crippen LogP contribution < -0.4 is 10.6 Å². The maximum atomic E-state index is 12.8. The normalized spacial score (nSPS) is 10.4. The smallest absolute Gasteiger partial charge is 0.252 e. The minimum Gasteiger partial charge on any atom is -0.383 e. The highest BCUT2D eigenvalue weighted by Crippen LogP contribution is 2.16. The van der Waals surface area contributed by atoms with Crippen LogP contribution in [0.3, 0.4) is 0 Å². The second-order valence-electron chi connectivity index (χ2n) is 3.62. The van der Waals surface area contributed by atoms with Gasteiger partial charge in [0.25, 0.3) is 5.91 Å². The molecule has 4 nitrogen and oxygen atoms in total. The lowest BCUT2D eigenvalue weighted by Crippen LogP contribution is -2.33. The number of benzene rings is 1. The number of halogens is 2. The minimum atomic E-state index is -0.460. The summed E-state index contributed by atoms with van der Waals surface area (Å²) in [4.78, 5) is 11.7. The van der Waals surface area contributed by atoms with E-state index < -0.39 is 5.82 Å². The van der Waals surface area contributed by atoms with E-state index in [9.17, 15) is 9.18 Å². The highest BCUT2D eigenvalue weighted by molar-refractivity contribution is 6.33. The summed E-state index contributed by atoms with van der Waals surface area (Å²) in [5, 5.41) is 5.88. The third-order valence-electron chi connectivity index (χ3n) is 2.25. The fourth-order valence-electron chi connectivity index (χ4n) is 1.33. The zero-order valence-corrected chi connectivity index (χ0v) is 10.9. The fraction of sp³-hybridized carbons (Fsp3) is 0.417. The van der Waals surface area contributed by atoms with Crippen LogP contribution in [0.5, 0.6) is 0 Å². The van der Waals surface area contributed by atoms with E-state index in [0.29, 0.717) is 19.7 Å². The van der Waals surface area contributed by atoms with Gasteiger partial charge in [0.05, 0.1) is 17.2 Å². The summed E-state index contributed by atoms with van der Waals surface area (Å²) in [6.45, 7) is 2.45. The van der Waals surface area contributed by atoms with Gasteiger partial charge in [0, 0.05) is 26.7 Å². The van der Waals surface area contributed by atoms with Crippen LogP contribution >= 0.6 is 11.6 Å². The van der Waals surface area contributed by atoms with Gasteiger partial charge >= 0.3 is 0 Å². The van der Waals surface area contributed by atoms with Crippen LogP contribution in [0.25, 0.3) is 0 Å². The Bertz CT molecular complexity index is 402. The molecule has 0 saturated carbocycles. The number of carbonyl (C=O) groups is 1. The number of carbonyl (C=O) groups excluding carboxylic acids is 1. The molecule has 0 fully saturated rings. The van der Waals surface area contributed by atoms with E-state index in [1.807, 2.05) is 0 Å². The molecule has 1 aromatic carbocycles. The summed E-state index contributed by atoms with van der Waals surface area (Å²) in [6, 6.07) is 3.69. The molecule has 0 radical (unpaired) electrons. The number of methoxy groups -OCH3 is 1. The molecular formula is C12H16ClFN2O2. The molecule has 0 aliphatic rings. The molecule has 0 aliphatic heterocycles. The maximum absolute atomic E-state index is 12.8. The zero-order chi connectivity index (χ0) is 13.4. The van der Waals surface area contributed by atoms with Crippen LogP contribution in [0, 0.1) is 5.82 Å². The monoisotopic (exact) mass is 274 g/mol. The Kier molecular flexibility index (Phi) is 6.64. The van der Waals surface area contributed by atoms with Crippen molar-refractivity contribution in [2.75, 3.05) is 33.4 Å². The Morgan fingerprint density at radius 2 is 2.17 bits per heavy atom. The Morgan fingerprint density at radius 1 is 1.39 bits per heavy atom. The molecule has 1 aromatic rings. The Labute approximate surface area is 110 Å². The summed E-state index contributed by atoms with van der Waals surface area (Å²) in [5.74, 6) is -0.772. The van der Waals surface area contributed by atoms with E-state index in [1.54, 1.807) is 7.11 Å². The molecule has 0 heterocycles. The molecule has 1 amide bonds. The van der Waals surface area contributed by atoms with Crippen LogP contribution in [0.15, 0.2) is 18.2 Å². The summed E-state index contributed by atoms with van der Waals surface area (Å²) in [5.41, 5.74) is 0.273. The molecule has 18 heavy (non-hydrogen) atoms. The second kappa shape index (κ2) is 8.02. The summed E-state index contributed by atoms with van der Waals surface area (Å²) >= 11 is 5.77. The van der Waals surface area contributed by atoms with E-state index in [4.69, 9.17) is 16.3 Å². The largest absolute Gasteiger partial charge is 0.383 e. The molecule has 0 bridgehead atoms. The van der Waals surface area contributed by atoms with Crippen LogP contribution in [-0.2, 0) is 4.74 Å². The standard InChI is InChI=1S/C12H16ClFN2O2/c1-18-7-6-15-4-5-16-12(17)10-3-2-9(14)8-11(10)13/h2-3,8,15H,4-7H2,1H3,(H,16,17). The van der Waals surface area contributed by atoms with Crippen molar-refractivity contribution in [2.45, 2.75) is 0 Å². The number of amides is 1. The molecular weight excluding hydrogens is 259 g/mol. The number of hydrogen-bond acceptors (Lipinski definition) is 3. The lowest BCUT2D eigenvalue weighted by molar-refractivity contribution is 0.0954. The quantitative estimate of drug-likeness (QED) is 0.740. The molecule has 100 valence electrons. The van der Waals surface area contributed by atoms with E-state index in [1.165, 1.54) is 12.1 Å². The highest BCUT2D eigenvalue weighted by atomic mass is 35.5. The predicted octanol–water partition coefficient (Wildman–Crippen LogP) is 1.44. The average molecular weight is 275 g/mol. The first-order chi connectivity index (χ1) is 8.65. The van der Waals surface area contributed by atoms with Crippen molar-refractivity contribution in [2.24, 2.45) is 0 Å². The number of nitrogens with one attached hydrogen (secondary N) is 2. The van der Waals surface area contributed by atoms with Gasteiger partial charge < -0.3 is 15.4 Å². The van der Waals surface area contributed by atoms with Gasteiger partial charge in [-0.05, 0) is 18.2 Å². The lowest BCUT2D eigenvalue weighted by atomic mass is 10.2. The zero-order valence-electron chi connectivity index (χ0n) is 10.1. The molecule has 6 heteroatoms. The van der Waals surface area contributed by atoms with Crippen LogP contribution in [0.4, 0.5) is 4.39 Å². The number of hydrogen-bond donors (Lipinski definition) is 2. The molecule has 0 atom stereocenters. The summed E-state index contributed by atoms with van der Waals surface area (Å²) in [7, 11) is 1.62. The van der Waals surface area contributed by atoms with Crippen LogP contribution in [0.1, 0.15) is 10.4 Å². The third-order valence-corrected chi connectivity index (χ3v) is 2.56. The minimum absolute atomic E-state index is 0.111. The third kappa shape index (κ3) is 5.00. The van der Waals surface area contributed by atoms with Crippen molar-refractivity contribution in [3.63, 3.8) is 0 Å². The van der Waals surface area contributed by atoms with Gasteiger partial charge in [-0.25, -0.2) is 4.39 Å². The van der Waals surface area contributed by atoms with Crippen LogP contribution in [-0.4, -0.2) is 39.3 Å². The fourth-order valence-corrected chi connectivity index (χ4v) is 1.59. The van der Waals surface area contributed by atoms with Crippen molar-refractivity contribution in [1.29, 1.82) is 0 Å². The van der Waals surface area contributed by atoms with Crippen molar-refractivity contribution in [1.82, 2.24) is 10.6 Å². The SMILES string of the molecule is COCCNCCNC(=O)c1ccc(F)cc1Cl. The summed E-state index contributed by atoms with van der Waals surface area (Å²) < 4.78 is 17.7. The molecule has 0 aliphatic carbocycles. The van der Waals surface area contributed by atoms with Crippen LogP contribution in [0.2, 0.25) is 5.02 Å². The predicted molar refractivity (Wildman–Crippen MR) is 68.5 cm³/mol. The molecule has 0 aromatic heterocycles. The molecule has 0 spiro atoms. The first-order valence-electron chi connectivity index (χ1n) is 5.58. The second-order valence-corrected chi connectivity index (χ2v) is 4.03. The Hall–Kier alpha value is -1.17. The number of ether oxygens (including phenoxy) is 1. The first-order valence-corrected chi connectivity index (χ1v) is 5.96. The maximum Gasteiger partial charge on any atom is 0.252 e. The highest BCUT2D eigenvalue weighted by Gasteiger charge is 2.09. The van der Waals surface area contributed by atoms with E-state index in [0.717, 1.165) is 12.6 Å². The van der Waals surface area contributed by atoms with Crippen molar-refractivity contribution < 1.29 is 13.9 Å². The van der Waals surface area contributed by atoms with Gasteiger partial charge in [0.15, 0.2) is 0 Å². The van der Waals surface area contributed by atoms with Gasteiger partial charge in [-0.3, -0.25) is 4.79 Å². The van der Waals surface area contributed by atoms with Crippen molar-refractivity contribution in [3.05, 3.63) is 34.6 Å². The lowest BCUT2D eigenvalue weighted by Gasteiger charge is -2.07. The Balaban J connectivity index is 2.32. The molecule has 1 rings (SSSR count). The van der Waals surface area contributed by atoms with Gasteiger partial charge in [-0.2, -0.15) is 0 Å². The topological polar surface area (TPSA) is 50.4 Å². The average Bonchev–Trinajstić information content (AvgIpc) is 2.33. The first kappa shape index (κ1) is 14.9. The van der Waals surface area contributed by atoms with Crippen molar-refractivity contribution >= 4 is 17.5 Å². The van der Waals surface area contributed by atoms with Gasteiger partial charge in [0.1, 0.15) is 5.82 Å². The van der Waals surface area contributed by atoms with Gasteiger partial charge in [-0.1, -0.05) is 11.6 Å². The number of rotatable bonds is 7. The van der Waals surface area contributed by atoms with E-state index in [-0.39, 0.29) is 16.5 Å². The molecule has 2 N–H and O–H groups in total. The van der Waals surface area contributed by atoms with Gasteiger partial charge in [0.2, 0.25) is 0 Å². The van der Waals surface area contributed by atoms with Gasteiger partial charge in [-0.15, -0.1) is 0 Å². The van der Waals surface area contributed by atoms with E-state index >= 15 is 0 Å². The summed E-state index contributed by atoms with van der Waals surface area (Å²) in [6.07, 6.45) is 0. The van der Waals surface area contributed by atoms with Crippen molar-refractivity contribution in [3.8, 4) is 0 Å². The van der Waals surface area contributed by atoms with E-state index in [2.05, 4.69) is 10.6 Å².